The molecule has 0 spiro atoms. The van der Waals surface area contributed by atoms with Gasteiger partial charge in [0, 0.05) is 37.8 Å². The van der Waals surface area contributed by atoms with E-state index in [0.717, 1.165) is 37.1 Å². The average Bonchev–Trinajstić information content (AvgIpc) is 3.06. The SMILES string of the molecule is COc1ccc(CN(C)C[C@H]2OCCCC[C@H](C)Oc3ccc(NS(=O)(=O)c4ccccc4)cc3C(=O)N([C@@H](C)CO)C[C@@H]2C)cc1. The second kappa shape index (κ2) is 17.0. The van der Waals surface area contributed by atoms with E-state index in [1.165, 1.54) is 18.2 Å². The van der Waals surface area contributed by atoms with Gasteiger partial charge in [0.1, 0.15) is 11.5 Å². The molecule has 0 unspecified atom stereocenters. The van der Waals surface area contributed by atoms with Gasteiger partial charge in [-0.1, -0.05) is 37.3 Å². The van der Waals surface area contributed by atoms with Gasteiger partial charge in [-0.05, 0) is 88.2 Å². The molecule has 4 rings (SSSR count). The highest BCUT2D eigenvalue weighted by Gasteiger charge is 2.30. The number of hydrogen-bond acceptors (Lipinski definition) is 8. The molecule has 0 radical (unpaired) electrons. The van der Waals surface area contributed by atoms with Crippen molar-refractivity contribution < 1.29 is 32.5 Å². The number of ether oxygens (including phenoxy) is 3. The van der Waals surface area contributed by atoms with E-state index < -0.39 is 16.1 Å². The number of anilines is 1. The maximum atomic E-state index is 14.4. The molecule has 0 aliphatic carbocycles. The minimum absolute atomic E-state index is 0.0859. The molecule has 0 saturated carbocycles. The summed E-state index contributed by atoms with van der Waals surface area (Å²) in [6.45, 7) is 7.84. The lowest BCUT2D eigenvalue weighted by Crippen LogP contribution is -2.47. The van der Waals surface area contributed by atoms with Crippen molar-refractivity contribution in [1.82, 2.24) is 9.80 Å². The number of nitrogens with one attached hydrogen (secondary N) is 1. The van der Waals surface area contributed by atoms with Crippen LogP contribution in [-0.4, -0.2) is 87.9 Å². The minimum atomic E-state index is -3.89. The standard InChI is InChI=1S/C36H49N3O7S/c1-26-22-39(27(2)25-40)36(41)33-21-30(37-47(42,43)32-12-7-6-8-13-32)16-19-34(33)46-28(3)11-9-10-20-45-35(26)24-38(4)23-29-14-17-31(44-5)18-15-29/h6-8,12-19,21,26-28,35,37,40H,9-11,20,22-25H2,1-5H3/t26-,27-,28-,35+/m0/s1. The highest BCUT2D eigenvalue weighted by molar-refractivity contribution is 7.92. The number of sulfonamides is 1. The van der Waals surface area contributed by atoms with Crippen LogP contribution in [-0.2, 0) is 21.3 Å². The number of aliphatic hydroxyl groups is 1. The molecule has 3 aromatic carbocycles. The molecule has 2 N–H and O–H groups in total. The first-order valence-corrected chi connectivity index (χ1v) is 17.7. The predicted octanol–water partition coefficient (Wildman–Crippen LogP) is 5.42. The Kier molecular flexibility index (Phi) is 13.1. The van der Waals surface area contributed by atoms with Crippen LogP contribution in [0.3, 0.4) is 0 Å². The van der Waals surface area contributed by atoms with Crippen LogP contribution in [0.15, 0.2) is 77.7 Å². The van der Waals surface area contributed by atoms with Gasteiger partial charge >= 0.3 is 0 Å². The van der Waals surface area contributed by atoms with Crippen LogP contribution in [0.4, 0.5) is 5.69 Å². The number of fused-ring (bicyclic) bond motifs is 1. The van der Waals surface area contributed by atoms with Crippen LogP contribution in [0.5, 0.6) is 11.5 Å². The van der Waals surface area contributed by atoms with Gasteiger partial charge < -0.3 is 24.2 Å². The van der Waals surface area contributed by atoms with E-state index in [9.17, 15) is 18.3 Å². The van der Waals surface area contributed by atoms with Crippen LogP contribution in [0, 0.1) is 5.92 Å². The predicted molar refractivity (Wildman–Crippen MR) is 183 cm³/mol. The fourth-order valence-corrected chi connectivity index (χ4v) is 6.75. The van der Waals surface area contributed by atoms with Gasteiger partial charge in [-0.25, -0.2) is 8.42 Å². The normalized spacial score (nSPS) is 20.5. The van der Waals surface area contributed by atoms with Crippen molar-refractivity contribution in [2.45, 2.75) is 69.7 Å². The number of rotatable bonds is 10. The molecule has 1 aliphatic heterocycles. The Morgan fingerprint density at radius 1 is 1.06 bits per heavy atom. The van der Waals surface area contributed by atoms with Crippen LogP contribution in [0.1, 0.15) is 56.0 Å². The summed E-state index contributed by atoms with van der Waals surface area (Å²) in [7, 11) is -0.185. The Morgan fingerprint density at radius 2 is 1.79 bits per heavy atom. The van der Waals surface area contributed by atoms with Crippen molar-refractivity contribution in [2.24, 2.45) is 5.92 Å². The summed E-state index contributed by atoms with van der Waals surface area (Å²) < 4.78 is 46.9. The van der Waals surface area contributed by atoms with E-state index in [4.69, 9.17) is 14.2 Å². The number of aliphatic hydroxyl groups excluding tert-OH is 1. The van der Waals surface area contributed by atoms with E-state index >= 15 is 0 Å². The number of carbonyl (C=O) groups is 1. The van der Waals surface area contributed by atoms with Gasteiger partial charge in [-0.15, -0.1) is 0 Å². The number of methoxy groups -OCH3 is 1. The zero-order valence-electron chi connectivity index (χ0n) is 28.1. The topological polar surface area (TPSA) is 118 Å². The summed E-state index contributed by atoms with van der Waals surface area (Å²) in [5.74, 6) is 0.738. The molecule has 47 heavy (non-hydrogen) atoms. The Hall–Kier alpha value is -3.64. The first-order chi connectivity index (χ1) is 22.5. The maximum absolute atomic E-state index is 14.4. The van der Waals surface area contributed by atoms with Crippen molar-refractivity contribution in [2.75, 3.05) is 45.2 Å². The quantitative estimate of drug-likeness (QED) is 0.294. The van der Waals surface area contributed by atoms with Gasteiger partial charge in [0.05, 0.1) is 42.4 Å². The number of hydrogen-bond donors (Lipinski definition) is 2. The molecule has 1 heterocycles. The fraction of sp³-hybridized carbons (Fsp3) is 0.472. The van der Waals surface area contributed by atoms with Crippen molar-refractivity contribution >= 4 is 21.6 Å². The third kappa shape index (κ3) is 10.2. The monoisotopic (exact) mass is 667 g/mol. The molecular weight excluding hydrogens is 618 g/mol. The smallest absolute Gasteiger partial charge is 0.261 e. The highest BCUT2D eigenvalue weighted by Crippen LogP contribution is 2.29. The number of carbonyl (C=O) groups excluding carboxylic acids is 1. The second-order valence-corrected chi connectivity index (χ2v) is 14.2. The number of likely N-dealkylation sites (N-methyl/N-ethyl adjacent to an activating group) is 1. The molecule has 0 aromatic heterocycles. The molecule has 4 atom stereocenters. The van der Waals surface area contributed by atoms with Gasteiger partial charge in [-0.2, -0.15) is 0 Å². The zero-order chi connectivity index (χ0) is 34.0. The Morgan fingerprint density at radius 3 is 2.47 bits per heavy atom. The van der Waals surface area contributed by atoms with E-state index in [1.807, 2.05) is 31.2 Å². The summed E-state index contributed by atoms with van der Waals surface area (Å²) in [5.41, 5.74) is 1.62. The molecule has 1 amide bonds. The number of amides is 1. The lowest BCUT2D eigenvalue weighted by Gasteiger charge is -2.36. The summed E-state index contributed by atoms with van der Waals surface area (Å²) >= 11 is 0. The van der Waals surface area contributed by atoms with Gasteiger partial charge in [-0.3, -0.25) is 14.4 Å². The van der Waals surface area contributed by atoms with Crippen LogP contribution in [0.2, 0.25) is 0 Å². The van der Waals surface area contributed by atoms with Crippen molar-refractivity contribution in [1.29, 1.82) is 0 Å². The van der Waals surface area contributed by atoms with Crippen molar-refractivity contribution in [3.8, 4) is 11.5 Å². The van der Waals surface area contributed by atoms with E-state index in [0.29, 0.717) is 25.4 Å². The first kappa shape index (κ1) is 36.2. The van der Waals surface area contributed by atoms with Crippen LogP contribution >= 0.6 is 0 Å². The molecule has 0 fully saturated rings. The Balaban J connectivity index is 1.62. The largest absolute Gasteiger partial charge is 0.497 e. The van der Waals surface area contributed by atoms with Gasteiger partial charge in [0.25, 0.3) is 15.9 Å². The van der Waals surface area contributed by atoms with Gasteiger partial charge in [0.15, 0.2) is 0 Å². The van der Waals surface area contributed by atoms with Crippen LogP contribution < -0.4 is 14.2 Å². The molecule has 0 saturated heterocycles. The molecular formula is C36H49N3O7S. The minimum Gasteiger partial charge on any atom is -0.497 e. The summed E-state index contributed by atoms with van der Waals surface area (Å²) in [4.78, 5) is 18.3. The molecule has 1 aliphatic rings. The maximum Gasteiger partial charge on any atom is 0.261 e. The zero-order valence-corrected chi connectivity index (χ0v) is 28.9. The summed E-state index contributed by atoms with van der Waals surface area (Å²) in [6, 6.07) is 20.3. The fourth-order valence-electron chi connectivity index (χ4n) is 5.68. The van der Waals surface area contributed by atoms with E-state index in [-0.39, 0.29) is 46.8 Å². The molecule has 256 valence electrons. The number of nitrogens with zero attached hydrogens (tertiary/aromatic N) is 2. The Labute approximate surface area is 279 Å². The lowest BCUT2D eigenvalue weighted by molar-refractivity contribution is -0.0177. The third-order valence-corrected chi connectivity index (χ3v) is 9.86. The van der Waals surface area contributed by atoms with Crippen molar-refractivity contribution in [3.05, 3.63) is 83.9 Å². The molecule has 3 aromatic rings. The highest BCUT2D eigenvalue weighted by atomic mass is 32.2. The lowest BCUT2D eigenvalue weighted by atomic mass is 10.0. The third-order valence-electron chi connectivity index (χ3n) is 8.46. The number of benzene rings is 3. The van der Waals surface area contributed by atoms with E-state index in [1.54, 1.807) is 49.3 Å². The second-order valence-electron chi connectivity index (χ2n) is 12.5. The Bertz CT molecular complexity index is 1540. The molecule has 11 heteroatoms. The summed E-state index contributed by atoms with van der Waals surface area (Å²) in [5, 5.41) is 10.2. The van der Waals surface area contributed by atoms with Gasteiger partial charge in [0.2, 0.25) is 0 Å². The van der Waals surface area contributed by atoms with Crippen molar-refractivity contribution in [3.63, 3.8) is 0 Å². The average molecular weight is 668 g/mol. The molecule has 0 bridgehead atoms. The molecule has 10 nitrogen and oxygen atoms in total. The summed E-state index contributed by atoms with van der Waals surface area (Å²) in [6.07, 6.45) is 2.14. The van der Waals surface area contributed by atoms with Crippen LogP contribution in [0.25, 0.3) is 0 Å². The van der Waals surface area contributed by atoms with E-state index in [2.05, 4.69) is 23.6 Å². The first-order valence-electron chi connectivity index (χ1n) is 16.2.